The van der Waals surface area contributed by atoms with Gasteiger partial charge in [-0.1, -0.05) is 36.4 Å². The number of hydrogen-bond donors (Lipinski definition) is 2. The van der Waals surface area contributed by atoms with Crippen LogP contribution in [0.4, 0.5) is 18.0 Å². The molecule has 2 amide bonds. The molecule has 7 nitrogen and oxygen atoms in total. The molecule has 1 heterocycles. The number of aromatic nitrogens is 2. The number of ether oxygens (including phenoxy) is 1. The summed E-state index contributed by atoms with van der Waals surface area (Å²) in [6.07, 6.45) is -4.47. The minimum atomic E-state index is -4.60. The van der Waals surface area contributed by atoms with Gasteiger partial charge < -0.3 is 4.74 Å². The number of carbonyl (C=O) groups is 2. The molecule has 0 bridgehead atoms. The van der Waals surface area contributed by atoms with Gasteiger partial charge in [0.15, 0.2) is 0 Å². The number of hydrazine groups is 1. The molecule has 0 radical (unpaired) electrons. The Labute approximate surface area is 163 Å². The van der Waals surface area contributed by atoms with E-state index >= 15 is 0 Å². The predicted molar refractivity (Wildman–Crippen MR) is 95.8 cm³/mol. The first-order chi connectivity index (χ1) is 13.8. The van der Waals surface area contributed by atoms with Crippen LogP contribution in [0.1, 0.15) is 21.6 Å². The number of rotatable bonds is 4. The van der Waals surface area contributed by atoms with E-state index in [0.29, 0.717) is 4.68 Å². The molecule has 3 rings (SSSR count). The average molecular weight is 404 g/mol. The van der Waals surface area contributed by atoms with E-state index in [1.54, 1.807) is 24.3 Å². The Kier molecular flexibility index (Phi) is 5.82. The van der Waals surface area contributed by atoms with Crippen LogP contribution in [0.5, 0.6) is 0 Å². The van der Waals surface area contributed by atoms with E-state index in [1.807, 2.05) is 6.07 Å². The number of benzene rings is 2. The topological polar surface area (TPSA) is 85.3 Å². The maximum Gasteiger partial charge on any atom is 0.433 e. The van der Waals surface area contributed by atoms with Crippen molar-refractivity contribution in [1.82, 2.24) is 20.6 Å². The minimum absolute atomic E-state index is 0.0115. The van der Waals surface area contributed by atoms with E-state index in [-0.39, 0.29) is 17.9 Å². The monoisotopic (exact) mass is 404 g/mol. The van der Waals surface area contributed by atoms with Crippen molar-refractivity contribution in [2.75, 3.05) is 0 Å². The fraction of sp³-hybridized carbons (Fsp3) is 0.105. The van der Waals surface area contributed by atoms with Crippen molar-refractivity contribution >= 4 is 12.0 Å². The van der Waals surface area contributed by atoms with Gasteiger partial charge in [0.25, 0.3) is 5.91 Å². The Balaban J connectivity index is 1.61. The molecular formula is C19H15F3N4O3. The zero-order valence-electron chi connectivity index (χ0n) is 14.8. The summed E-state index contributed by atoms with van der Waals surface area (Å²) < 4.78 is 44.7. The number of nitrogens with zero attached hydrogens (tertiary/aromatic N) is 2. The van der Waals surface area contributed by atoms with Gasteiger partial charge in [-0.3, -0.25) is 10.2 Å². The molecule has 0 spiro atoms. The summed E-state index contributed by atoms with van der Waals surface area (Å²) in [4.78, 5) is 23.9. The highest BCUT2D eigenvalue weighted by molar-refractivity contribution is 5.95. The molecule has 0 fully saturated rings. The van der Waals surface area contributed by atoms with Gasteiger partial charge >= 0.3 is 12.3 Å². The highest BCUT2D eigenvalue weighted by atomic mass is 19.4. The van der Waals surface area contributed by atoms with Crippen molar-refractivity contribution in [1.29, 1.82) is 0 Å². The van der Waals surface area contributed by atoms with Gasteiger partial charge in [-0.25, -0.2) is 14.9 Å². The summed E-state index contributed by atoms with van der Waals surface area (Å²) in [6.45, 7) is 0.0115. The zero-order valence-corrected chi connectivity index (χ0v) is 14.8. The van der Waals surface area contributed by atoms with Gasteiger partial charge in [0.2, 0.25) is 0 Å². The van der Waals surface area contributed by atoms with E-state index in [0.717, 1.165) is 17.8 Å². The van der Waals surface area contributed by atoms with Crippen LogP contribution in [0.25, 0.3) is 5.69 Å². The lowest BCUT2D eigenvalue weighted by atomic mass is 10.2. The van der Waals surface area contributed by atoms with Crippen LogP contribution in [-0.2, 0) is 17.5 Å². The second kappa shape index (κ2) is 8.46. The van der Waals surface area contributed by atoms with Crippen molar-refractivity contribution in [2.45, 2.75) is 12.8 Å². The third-order valence-corrected chi connectivity index (χ3v) is 3.78. The first-order valence-corrected chi connectivity index (χ1v) is 8.33. The predicted octanol–water partition coefficient (Wildman–Crippen LogP) is 3.46. The number of amides is 2. The normalized spacial score (nSPS) is 11.0. The number of hydrogen-bond acceptors (Lipinski definition) is 4. The lowest BCUT2D eigenvalue weighted by Crippen LogP contribution is -2.41. The molecule has 0 saturated carbocycles. The second-order valence-corrected chi connectivity index (χ2v) is 5.82. The Morgan fingerprint density at radius 3 is 2.48 bits per heavy atom. The van der Waals surface area contributed by atoms with Crippen molar-refractivity contribution < 1.29 is 27.5 Å². The van der Waals surface area contributed by atoms with Crippen molar-refractivity contribution in [2.24, 2.45) is 0 Å². The molecule has 0 saturated heterocycles. The number of halogens is 3. The van der Waals surface area contributed by atoms with E-state index in [1.165, 1.54) is 24.3 Å². The average Bonchev–Trinajstić information content (AvgIpc) is 3.22. The Morgan fingerprint density at radius 2 is 1.76 bits per heavy atom. The van der Waals surface area contributed by atoms with Gasteiger partial charge in [-0.2, -0.15) is 18.3 Å². The molecule has 2 aromatic carbocycles. The quantitative estimate of drug-likeness (QED) is 0.653. The van der Waals surface area contributed by atoms with Crippen LogP contribution in [-0.4, -0.2) is 21.8 Å². The van der Waals surface area contributed by atoms with Gasteiger partial charge in [0, 0.05) is 5.56 Å². The molecule has 29 heavy (non-hydrogen) atoms. The van der Waals surface area contributed by atoms with E-state index < -0.39 is 23.9 Å². The highest BCUT2D eigenvalue weighted by Gasteiger charge is 2.35. The fourth-order valence-corrected chi connectivity index (χ4v) is 2.44. The molecule has 10 heteroatoms. The van der Waals surface area contributed by atoms with Crippen molar-refractivity contribution in [3.8, 4) is 5.69 Å². The minimum Gasteiger partial charge on any atom is -0.443 e. The molecule has 3 aromatic rings. The lowest BCUT2D eigenvalue weighted by Gasteiger charge is -2.12. The molecule has 1 aromatic heterocycles. The van der Waals surface area contributed by atoms with Crippen LogP contribution in [0.2, 0.25) is 0 Å². The largest absolute Gasteiger partial charge is 0.443 e. The molecule has 150 valence electrons. The Hall–Kier alpha value is -3.82. The number of nitrogens with one attached hydrogen (secondary N) is 2. The van der Waals surface area contributed by atoms with Gasteiger partial charge in [0.1, 0.15) is 12.3 Å². The van der Waals surface area contributed by atoms with Crippen LogP contribution in [0.3, 0.4) is 0 Å². The Morgan fingerprint density at radius 1 is 1.00 bits per heavy atom. The lowest BCUT2D eigenvalue weighted by molar-refractivity contribution is -0.142. The maximum absolute atomic E-state index is 13.0. The summed E-state index contributed by atoms with van der Waals surface area (Å²) in [5.74, 6) is -0.732. The van der Waals surface area contributed by atoms with E-state index in [2.05, 4.69) is 16.0 Å². The van der Waals surface area contributed by atoms with Crippen LogP contribution < -0.4 is 10.9 Å². The molecular weight excluding hydrogens is 389 g/mol. The molecule has 0 aliphatic rings. The SMILES string of the molecule is O=C(NNC(=O)c1cccc(-n2nccc2C(F)(F)F)c1)OCc1ccccc1. The second-order valence-electron chi connectivity index (χ2n) is 5.82. The third kappa shape index (κ3) is 5.12. The maximum atomic E-state index is 13.0. The van der Waals surface area contributed by atoms with Crippen molar-refractivity contribution in [3.63, 3.8) is 0 Å². The molecule has 0 unspecified atom stereocenters. The molecule has 0 aliphatic carbocycles. The number of carbonyl (C=O) groups excluding carboxylic acids is 2. The van der Waals surface area contributed by atoms with E-state index in [9.17, 15) is 22.8 Å². The highest BCUT2D eigenvalue weighted by Crippen LogP contribution is 2.30. The molecule has 0 aliphatic heterocycles. The van der Waals surface area contributed by atoms with Crippen molar-refractivity contribution in [3.05, 3.63) is 83.7 Å². The van der Waals surface area contributed by atoms with Crippen LogP contribution in [0, 0.1) is 0 Å². The third-order valence-electron chi connectivity index (χ3n) is 3.78. The van der Waals surface area contributed by atoms with Crippen LogP contribution >= 0.6 is 0 Å². The molecule has 2 N–H and O–H groups in total. The Bertz CT molecular complexity index is 1000. The van der Waals surface area contributed by atoms with Crippen LogP contribution in [0.15, 0.2) is 66.9 Å². The standard InChI is InChI=1S/C19H15F3N4O3/c20-19(21,22)16-9-10-23-26(16)15-8-4-7-14(11-15)17(27)24-25-18(28)29-12-13-5-2-1-3-6-13/h1-11H,12H2,(H,24,27)(H,25,28). The van der Waals surface area contributed by atoms with E-state index in [4.69, 9.17) is 4.74 Å². The summed E-state index contributed by atoms with van der Waals surface area (Å²) >= 11 is 0. The van der Waals surface area contributed by atoms with Gasteiger partial charge in [0.05, 0.1) is 11.9 Å². The first kappa shape index (κ1) is 19.9. The first-order valence-electron chi connectivity index (χ1n) is 8.33. The summed E-state index contributed by atoms with van der Waals surface area (Å²) in [5.41, 5.74) is 4.07. The molecule has 0 atom stereocenters. The van der Waals surface area contributed by atoms with Gasteiger partial charge in [-0.05, 0) is 29.8 Å². The smallest absolute Gasteiger partial charge is 0.433 e. The zero-order chi connectivity index (χ0) is 20.9. The summed E-state index contributed by atoms with van der Waals surface area (Å²) in [6, 6.07) is 15.1. The summed E-state index contributed by atoms with van der Waals surface area (Å²) in [5, 5.41) is 3.66. The number of alkyl halides is 3. The van der Waals surface area contributed by atoms with Gasteiger partial charge in [-0.15, -0.1) is 0 Å². The summed E-state index contributed by atoms with van der Waals surface area (Å²) in [7, 11) is 0. The fourth-order valence-electron chi connectivity index (χ4n) is 2.44.